The molecule has 0 unspecified atom stereocenters. The Balaban J connectivity index is -0.000000252. The molecule has 0 aliphatic heterocycles. The van der Waals surface area contributed by atoms with Crippen LogP contribution in [0.15, 0.2) is 37.0 Å². The van der Waals surface area contributed by atoms with Gasteiger partial charge in [0.2, 0.25) is 0 Å². The number of esters is 2. The minimum atomic E-state index is -1.27. The fourth-order valence-electron chi connectivity index (χ4n) is 0.516. The van der Waals surface area contributed by atoms with Crippen LogP contribution in [0.1, 0.15) is 13.3 Å². The monoisotopic (exact) mass is 316 g/mol. The Hall–Kier alpha value is -2.90. The smallest absolute Gasteiger partial charge is 0.332 e. The lowest BCUT2D eigenvalue weighted by Crippen LogP contribution is -2.04. The second-order valence-corrected chi connectivity index (χ2v) is 3.48. The molecule has 0 heterocycles. The van der Waals surface area contributed by atoms with Gasteiger partial charge < -0.3 is 19.7 Å². The highest BCUT2D eigenvalue weighted by Gasteiger charge is 2.07. The summed E-state index contributed by atoms with van der Waals surface area (Å²) in [5.74, 6) is -3.19. The van der Waals surface area contributed by atoms with Crippen LogP contribution in [0.3, 0.4) is 0 Å². The predicted molar refractivity (Wildman–Crippen MR) is 78.1 cm³/mol. The number of hydrogen-bond donors (Lipinski definition) is 2. The van der Waals surface area contributed by atoms with Crippen molar-refractivity contribution in [3.05, 3.63) is 37.0 Å². The summed E-state index contributed by atoms with van der Waals surface area (Å²) in [6.07, 6.45) is 0.606. The van der Waals surface area contributed by atoms with Gasteiger partial charge in [0.1, 0.15) is 0 Å². The largest absolute Gasteiger partial charge is 0.481 e. The minimum Gasteiger partial charge on any atom is -0.481 e. The molecule has 2 N–H and O–H groups in total. The molecule has 0 aliphatic rings. The second kappa shape index (κ2) is 14.5. The van der Waals surface area contributed by atoms with Crippen molar-refractivity contribution in [2.45, 2.75) is 13.3 Å². The summed E-state index contributed by atoms with van der Waals surface area (Å²) in [6, 6.07) is 0. The molecule has 22 heavy (non-hydrogen) atoms. The van der Waals surface area contributed by atoms with E-state index in [1.807, 2.05) is 0 Å². The molecule has 0 atom stereocenters. The van der Waals surface area contributed by atoms with Crippen LogP contribution in [-0.4, -0.2) is 48.3 Å². The van der Waals surface area contributed by atoms with Crippen LogP contribution >= 0.6 is 0 Å². The first-order valence-corrected chi connectivity index (χ1v) is 5.60. The van der Waals surface area contributed by atoms with Crippen LogP contribution in [0.4, 0.5) is 0 Å². The molecule has 0 bridgehead atoms. The van der Waals surface area contributed by atoms with Gasteiger partial charge in [-0.05, 0) is 6.92 Å². The zero-order valence-corrected chi connectivity index (χ0v) is 12.7. The summed E-state index contributed by atoms with van der Waals surface area (Å²) in [5, 5.41) is 16.1. The zero-order valence-electron chi connectivity index (χ0n) is 12.7. The summed E-state index contributed by atoms with van der Waals surface area (Å²) < 4.78 is 8.42. The van der Waals surface area contributed by atoms with E-state index in [9.17, 15) is 19.2 Å². The van der Waals surface area contributed by atoms with Crippen LogP contribution < -0.4 is 0 Å². The minimum absolute atomic E-state index is 0.303. The Morgan fingerprint density at radius 1 is 1.05 bits per heavy atom. The fourth-order valence-corrected chi connectivity index (χ4v) is 0.516. The first kappa shape index (κ1) is 24.1. The molecule has 0 radical (unpaired) electrons. The van der Waals surface area contributed by atoms with Gasteiger partial charge in [-0.3, -0.25) is 4.79 Å². The topological polar surface area (TPSA) is 127 Å². The summed E-state index contributed by atoms with van der Waals surface area (Å²) in [7, 11) is 2.64. The van der Waals surface area contributed by atoms with Crippen molar-refractivity contribution in [2.24, 2.45) is 0 Å². The van der Waals surface area contributed by atoms with Gasteiger partial charge in [0, 0.05) is 17.2 Å². The molecule has 0 aromatic heterocycles. The van der Waals surface area contributed by atoms with Crippen molar-refractivity contribution in [3.8, 4) is 0 Å². The second-order valence-electron chi connectivity index (χ2n) is 3.48. The van der Waals surface area contributed by atoms with Crippen LogP contribution in [0.25, 0.3) is 0 Å². The molecule has 0 fully saturated rings. The third-order valence-corrected chi connectivity index (χ3v) is 1.57. The Bertz CT molecular complexity index is 448. The van der Waals surface area contributed by atoms with E-state index in [4.69, 9.17) is 10.2 Å². The number of carbonyl (C=O) groups is 4. The molecule has 0 rings (SSSR count). The van der Waals surface area contributed by atoms with Crippen molar-refractivity contribution in [3.63, 3.8) is 0 Å². The molecule has 8 heteroatoms. The van der Waals surface area contributed by atoms with Crippen LogP contribution in [-0.2, 0) is 28.7 Å². The first-order valence-electron chi connectivity index (χ1n) is 5.60. The van der Waals surface area contributed by atoms with E-state index in [1.165, 1.54) is 14.2 Å². The summed E-state index contributed by atoms with van der Waals surface area (Å²) in [4.78, 5) is 39.7. The number of methoxy groups -OCH3 is 2. The summed E-state index contributed by atoms with van der Waals surface area (Å²) >= 11 is 0. The van der Waals surface area contributed by atoms with E-state index < -0.39 is 24.3 Å². The van der Waals surface area contributed by atoms with E-state index in [1.54, 1.807) is 6.92 Å². The highest BCUT2D eigenvalue weighted by molar-refractivity contribution is 5.91. The van der Waals surface area contributed by atoms with E-state index in [0.717, 1.165) is 6.08 Å². The quantitative estimate of drug-likeness (QED) is 0.571. The Morgan fingerprint density at radius 3 is 1.55 bits per heavy atom. The molecule has 0 aliphatic carbocycles. The van der Waals surface area contributed by atoms with Crippen LogP contribution in [0, 0.1) is 0 Å². The molecule has 0 saturated carbocycles. The van der Waals surface area contributed by atoms with E-state index in [2.05, 4.69) is 29.2 Å². The number of hydrogen-bond acceptors (Lipinski definition) is 6. The molecular formula is C14H20O8. The van der Waals surface area contributed by atoms with Gasteiger partial charge in [-0.1, -0.05) is 19.7 Å². The number of carboxylic acid groups (broad SMARTS) is 2. The fraction of sp³-hybridized carbons (Fsp3) is 0.286. The number of ether oxygens (including phenoxy) is 2. The van der Waals surface area contributed by atoms with Gasteiger partial charge in [-0.2, -0.15) is 0 Å². The van der Waals surface area contributed by atoms with Crippen molar-refractivity contribution >= 4 is 23.9 Å². The van der Waals surface area contributed by atoms with Gasteiger partial charge in [-0.25, -0.2) is 14.4 Å². The summed E-state index contributed by atoms with van der Waals surface area (Å²) in [6.45, 7) is 11.1. The SMILES string of the molecule is C=C(C)C(=O)OC.C=C(CC(=O)O)C(=O)O.C=CC(=O)OC. The van der Waals surface area contributed by atoms with Gasteiger partial charge in [0.15, 0.2) is 0 Å². The molecule has 0 saturated heterocycles. The third-order valence-electron chi connectivity index (χ3n) is 1.57. The van der Waals surface area contributed by atoms with Gasteiger partial charge in [0.05, 0.1) is 20.6 Å². The summed E-state index contributed by atoms with van der Waals surface area (Å²) in [5.41, 5.74) is 0.130. The normalized spacial score (nSPS) is 7.77. The average molecular weight is 316 g/mol. The first-order chi connectivity index (χ1) is 10.0. The number of carbonyl (C=O) groups excluding carboxylic acids is 2. The lowest BCUT2D eigenvalue weighted by Gasteiger charge is -1.91. The molecule has 0 spiro atoms. The molecular weight excluding hydrogens is 296 g/mol. The lowest BCUT2D eigenvalue weighted by molar-refractivity contribution is -0.139. The number of aliphatic carboxylic acids is 2. The molecule has 0 aromatic carbocycles. The average Bonchev–Trinajstić information content (AvgIpc) is 2.45. The Labute approximate surface area is 128 Å². The van der Waals surface area contributed by atoms with E-state index in [-0.39, 0.29) is 11.5 Å². The molecule has 0 aromatic rings. The molecule has 8 nitrogen and oxygen atoms in total. The highest BCUT2D eigenvalue weighted by atomic mass is 16.5. The van der Waals surface area contributed by atoms with Crippen molar-refractivity contribution in [2.75, 3.05) is 14.2 Å². The zero-order chi connectivity index (χ0) is 18.3. The van der Waals surface area contributed by atoms with Gasteiger partial charge in [0.25, 0.3) is 0 Å². The lowest BCUT2D eigenvalue weighted by atomic mass is 10.2. The molecule has 124 valence electrons. The van der Waals surface area contributed by atoms with Gasteiger partial charge >= 0.3 is 23.9 Å². The van der Waals surface area contributed by atoms with Crippen molar-refractivity contribution in [1.82, 2.24) is 0 Å². The Morgan fingerprint density at radius 2 is 1.50 bits per heavy atom. The van der Waals surface area contributed by atoms with Crippen LogP contribution in [0.5, 0.6) is 0 Å². The third kappa shape index (κ3) is 19.4. The maximum Gasteiger partial charge on any atom is 0.332 e. The van der Waals surface area contributed by atoms with Crippen molar-refractivity contribution in [1.29, 1.82) is 0 Å². The van der Waals surface area contributed by atoms with Gasteiger partial charge in [-0.15, -0.1) is 0 Å². The maximum atomic E-state index is 10.2. The molecule has 0 amide bonds. The maximum absolute atomic E-state index is 10.2. The Kier molecular flexibility index (Phi) is 15.9. The van der Waals surface area contributed by atoms with Crippen molar-refractivity contribution < 1.29 is 38.9 Å². The van der Waals surface area contributed by atoms with E-state index in [0.29, 0.717) is 5.57 Å². The number of carboxylic acids is 2. The highest BCUT2D eigenvalue weighted by Crippen LogP contribution is 1.95. The van der Waals surface area contributed by atoms with E-state index >= 15 is 0 Å². The number of rotatable bonds is 5. The predicted octanol–water partition coefficient (Wildman–Crippen LogP) is 1.18. The van der Waals surface area contributed by atoms with Crippen LogP contribution in [0.2, 0.25) is 0 Å². The standard InChI is InChI=1S/C5H6O4.C5H8O2.C4H6O2/c1-3(5(8)9)2-4(6)7;1-4(2)5(6)7-3;1-3-4(5)6-2/h1-2H2,(H,6,7)(H,8,9);1H2,2-3H3;3H,1H2,2H3.